The molecule has 0 saturated heterocycles. The number of carboxylic acids is 1. The van der Waals surface area contributed by atoms with Crippen molar-refractivity contribution in [3.63, 3.8) is 0 Å². The summed E-state index contributed by atoms with van der Waals surface area (Å²) < 4.78 is 35.1. The molecule has 3 rings (SSSR count). The van der Waals surface area contributed by atoms with Crippen LogP contribution in [0.25, 0.3) is 0 Å². The van der Waals surface area contributed by atoms with Crippen molar-refractivity contribution in [2.45, 2.75) is 18.2 Å². The number of sulfone groups is 1. The number of nitrogens with one attached hydrogen (secondary N) is 1. The van der Waals surface area contributed by atoms with E-state index in [1.807, 2.05) is 6.92 Å². The Morgan fingerprint density at radius 1 is 1.07 bits per heavy atom. The van der Waals surface area contributed by atoms with Crippen LogP contribution >= 0.6 is 0 Å². The lowest BCUT2D eigenvalue weighted by Crippen LogP contribution is -2.20. The third-order valence-electron chi connectivity index (χ3n) is 4.26. The fraction of sp³-hybridized carbons (Fsp3) is 0.263. The number of aryl methyl sites for hydroxylation is 1. The second kappa shape index (κ2) is 7.51. The van der Waals surface area contributed by atoms with E-state index in [0.717, 1.165) is 11.8 Å². The first-order valence-electron chi connectivity index (χ1n) is 8.52. The van der Waals surface area contributed by atoms with Gasteiger partial charge in [-0.25, -0.2) is 13.2 Å². The number of aromatic carboxylic acids is 1. The Bertz CT molecular complexity index is 1060. The third kappa shape index (κ3) is 3.94. The summed E-state index contributed by atoms with van der Waals surface area (Å²) in [4.78, 5) is 24.3. The summed E-state index contributed by atoms with van der Waals surface area (Å²) >= 11 is 0. The van der Waals surface area contributed by atoms with Crippen molar-refractivity contribution < 1.29 is 32.6 Å². The van der Waals surface area contributed by atoms with Crippen LogP contribution in [-0.2, 0) is 16.3 Å². The standard InChI is InChI=1S/C19H19NO7S/c1-3-11-4-5-12(17(8-11)28(2,24)25)18(21)20-14-10-16-15(26-6-7-27-16)9-13(14)19(22)23/h4-5,8-10H,3,6-7H2,1-2H3,(H,20,21)(H,22,23). The van der Waals surface area contributed by atoms with Crippen molar-refractivity contribution in [1.82, 2.24) is 0 Å². The molecule has 2 aromatic rings. The fourth-order valence-electron chi connectivity index (χ4n) is 2.84. The van der Waals surface area contributed by atoms with Crippen molar-refractivity contribution in [2.75, 3.05) is 24.8 Å². The molecule has 1 heterocycles. The molecule has 8 nitrogen and oxygen atoms in total. The molecular formula is C19H19NO7S. The number of amides is 1. The van der Waals surface area contributed by atoms with Crippen LogP contribution in [0.3, 0.4) is 0 Å². The van der Waals surface area contributed by atoms with Gasteiger partial charge in [-0.05, 0) is 24.1 Å². The van der Waals surface area contributed by atoms with Gasteiger partial charge in [0.05, 0.1) is 21.7 Å². The molecule has 28 heavy (non-hydrogen) atoms. The molecule has 0 radical (unpaired) electrons. The van der Waals surface area contributed by atoms with Crippen LogP contribution in [0.2, 0.25) is 0 Å². The maximum absolute atomic E-state index is 12.8. The molecule has 0 saturated carbocycles. The third-order valence-corrected chi connectivity index (χ3v) is 5.40. The lowest BCUT2D eigenvalue weighted by atomic mass is 10.1. The van der Waals surface area contributed by atoms with E-state index in [0.29, 0.717) is 25.4 Å². The van der Waals surface area contributed by atoms with E-state index in [9.17, 15) is 23.1 Å². The van der Waals surface area contributed by atoms with Crippen molar-refractivity contribution >= 4 is 27.4 Å². The van der Waals surface area contributed by atoms with Crippen LogP contribution < -0.4 is 14.8 Å². The van der Waals surface area contributed by atoms with Gasteiger partial charge in [-0.3, -0.25) is 4.79 Å². The molecule has 2 N–H and O–H groups in total. The maximum Gasteiger partial charge on any atom is 0.337 e. The molecular weight excluding hydrogens is 386 g/mol. The van der Waals surface area contributed by atoms with Gasteiger partial charge in [-0.2, -0.15) is 0 Å². The molecule has 0 bridgehead atoms. The number of carbonyl (C=O) groups is 2. The summed E-state index contributed by atoms with van der Waals surface area (Å²) in [5.74, 6) is -1.43. The lowest BCUT2D eigenvalue weighted by Gasteiger charge is -2.20. The molecule has 1 aliphatic heterocycles. The number of benzene rings is 2. The molecule has 0 aliphatic carbocycles. The van der Waals surface area contributed by atoms with Gasteiger partial charge in [-0.1, -0.05) is 13.0 Å². The van der Waals surface area contributed by atoms with E-state index in [1.165, 1.54) is 24.3 Å². The Balaban J connectivity index is 2.03. The lowest BCUT2D eigenvalue weighted by molar-refractivity contribution is 0.0697. The summed E-state index contributed by atoms with van der Waals surface area (Å²) in [6, 6.07) is 7.15. The highest BCUT2D eigenvalue weighted by atomic mass is 32.2. The Morgan fingerprint density at radius 2 is 1.71 bits per heavy atom. The first-order chi connectivity index (χ1) is 13.2. The molecule has 0 fully saturated rings. The van der Waals surface area contributed by atoms with E-state index in [-0.39, 0.29) is 27.5 Å². The molecule has 1 aliphatic rings. The monoisotopic (exact) mass is 405 g/mol. The largest absolute Gasteiger partial charge is 0.486 e. The number of rotatable bonds is 5. The quantitative estimate of drug-likeness (QED) is 0.784. The number of fused-ring (bicyclic) bond motifs is 1. The maximum atomic E-state index is 12.8. The Labute approximate surface area is 162 Å². The van der Waals surface area contributed by atoms with Crippen LogP contribution in [0.4, 0.5) is 5.69 Å². The summed E-state index contributed by atoms with van der Waals surface area (Å²) in [5, 5.41) is 11.9. The number of carbonyl (C=O) groups excluding carboxylic acids is 1. The summed E-state index contributed by atoms with van der Waals surface area (Å²) in [6.45, 7) is 2.46. The normalized spacial score (nSPS) is 13.1. The minimum absolute atomic E-state index is 0.0132. The van der Waals surface area contributed by atoms with Crippen molar-refractivity contribution in [3.05, 3.63) is 47.0 Å². The average molecular weight is 405 g/mol. The van der Waals surface area contributed by atoms with Crippen LogP contribution in [-0.4, -0.2) is 44.9 Å². The minimum Gasteiger partial charge on any atom is -0.486 e. The van der Waals surface area contributed by atoms with E-state index < -0.39 is 21.7 Å². The summed E-state index contributed by atoms with van der Waals surface area (Å²) in [7, 11) is -3.67. The van der Waals surface area contributed by atoms with Gasteiger partial charge < -0.3 is 19.9 Å². The zero-order chi connectivity index (χ0) is 20.5. The van der Waals surface area contributed by atoms with Crippen molar-refractivity contribution in [3.8, 4) is 11.5 Å². The summed E-state index contributed by atoms with van der Waals surface area (Å²) in [5.41, 5.74) is 0.498. The molecule has 1 amide bonds. The summed E-state index contributed by atoms with van der Waals surface area (Å²) in [6.07, 6.45) is 1.63. The van der Waals surface area contributed by atoms with Gasteiger partial charge in [0.25, 0.3) is 5.91 Å². The first kappa shape index (κ1) is 19.7. The molecule has 0 spiro atoms. The number of hydrogen-bond acceptors (Lipinski definition) is 6. The zero-order valence-electron chi connectivity index (χ0n) is 15.3. The highest BCUT2D eigenvalue weighted by molar-refractivity contribution is 7.90. The molecule has 2 aromatic carbocycles. The molecule has 0 aromatic heterocycles. The van der Waals surface area contributed by atoms with Crippen LogP contribution in [0.15, 0.2) is 35.2 Å². The van der Waals surface area contributed by atoms with Gasteiger partial charge in [0.1, 0.15) is 13.2 Å². The smallest absolute Gasteiger partial charge is 0.337 e. The van der Waals surface area contributed by atoms with Crippen LogP contribution in [0, 0.1) is 0 Å². The Morgan fingerprint density at radius 3 is 2.29 bits per heavy atom. The van der Waals surface area contributed by atoms with E-state index in [2.05, 4.69) is 5.32 Å². The Hall–Kier alpha value is -3.07. The SMILES string of the molecule is CCc1ccc(C(=O)Nc2cc3c(cc2C(=O)O)OCCO3)c(S(C)(=O)=O)c1. The first-order valence-corrected chi connectivity index (χ1v) is 10.4. The predicted octanol–water partition coefficient (Wildman–Crippen LogP) is 2.37. The van der Waals surface area contributed by atoms with Crippen molar-refractivity contribution in [1.29, 1.82) is 0 Å². The molecule has 0 atom stereocenters. The number of hydrogen-bond donors (Lipinski definition) is 2. The van der Waals surface area contributed by atoms with E-state index in [4.69, 9.17) is 9.47 Å². The number of anilines is 1. The topological polar surface area (TPSA) is 119 Å². The van der Waals surface area contributed by atoms with Crippen LogP contribution in [0.1, 0.15) is 33.2 Å². The van der Waals surface area contributed by atoms with Gasteiger partial charge in [0, 0.05) is 18.4 Å². The van der Waals surface area contributed by atoms with Gasteiger partial charge >= 0.3 is 5.97 Å². The fourth-order valence-corrected chi connectivity index (χ4v) is 3.77. The molecule has 9 heteroatoms. The second-order valence-electron chi connectivity index (χ2n) is 6.26. The molecule has 0 unspecified atom stereocenters. The van der Waals surface area contributed by atoms with Crippen molar-refractivity contribution in [2.24, 2.45) is 0 Å². The molecule has 148 valence electrons. The highest BCUT2D eigenvalue weighted by Crippen LogP contribution is 2.36. The van der Waals surface area contributed by atoms with Crippen LogP contribution in [0.5, 0.6) is 11.5 Å². The number of carboxylic acid groups (broad SMARTS) is 1. The predicted molar refractivity (Wildman–Crippen MR) is 101 cm³/mol. The Kier molecular flexibility index (Phi) is 5.28. The zero-order valence-corrected chi connectivity index (χ0v) is 16.1. The average Bonchev–Trinajstić information content (AvgIpc) is 2.66. The van der Waals surface area contributed by atoms with Gasteiger partial charge in [-0.15, -0.1) is 0 Å². The van der Waals surface area contributed by atoms with Gasteiger partial charge in [0.2, 0.25) is 0 Å². The van der Waals surface area contributed by atoms with Gasteiger partial charge in [0.15, 0.2) is 21.3 Å². The second-order valence-corrected chi connectivity index (χ2v) is 8.24. The minimum atomic E-state index is -3.67. The highest BCUT2D eigenvalue weighted by Gasteiger charge is 2.24. The number of ether oxygens (including phenoxy) is 2. The van der Waals surface area contributed by atoms with E-state index in [1.54, 1.807) is 6.07 Å². The van der Waals surface area contributed by atoms with E-state index >= 15 is 0 Å².